The van der Waals surface area contributed by atoms with Gasteiger partial charge in [-0.2, -0.15) is 10.5 Å². The molecule has 27 heteroatoms. The highest BCUT2D eigenvalue weighted by molar-refractivity contribution is 6.03. The third-order valence-corrected chi connectivity index (χ3v) is 28.9. The molecule has 1 atom stereocenters. The summed E-state index contributed by atoms with van der Waals surface area (Å²) >= 11 is 0. The lowest BCUT2D eigenvalue weighted by atomic mass is 9.65. The van der Waals surface area contributed by atoms with E-state index in [-0.39, 0.29) is 157 Å². The van der Waals surface area contributed by atoms with Crippen molar-refractivity contribution in [1.29, 1.82) is 10.5 Å². The largest absolute Gasteiger partial charge is 0.411 e. The van der Waals surface area contributed by atoms with Gasteiger partial charge in [0.2, 0.25) is 35.3 Å². The number of carbonyl (C=O) groups is 7. The zero-order valence-electron chi connectivity index (χ0n) is 79.9. The number of aromatic nitrogens is 1. The van der Waals surface area contributed by atoms with Gasteiger partial charge in [-0.15, -0.1) is 0 Å². The van der Waals surface area contributed by atoms with Crippen molar-refractivity contribution >= 4 is 47.2 Å². The number of ketones is 5. The molecule has 1 unspecified atom stereocenters. The lowest BCUT2D eigenvalue weighted by Crippen LogP contribution is -2.42. The van der Waals surface area contributed by atoms with Crippen molar-refractivity contribution in [1.82, 2.24) is 10.3 Å². The SMILES string of the molecule is CC#N.CC(=O)C1CCC(F)(F)CC1.CC1(C)CC(=O)CC(=O)C1.N#CC1CCCCC1.O=CC1CCC(F)(F)CC1.O=CC1CCC(F)(F)CC1.[C-]#[N+]C1=C(C2CCCCC2)NC2=C(C(=O)CC(C)(C)C2)C1C1CCC(F)(F)CC1.[C-]#[N+]C=C(N)C1CCCCC1.[C-]#[N+]C=C(N)C1CCCCC1.[C-]#[N+]c1c(C2CCCCC2)nc2c(c1C1CCC(F)(F)CC1)C(=O)CC(C)(C)C2. The number of aldehydes is 2. The van der Waals surface area contributed by atoms with Gasteiger partial charge in [-0.1, -0.05) is 138 Å². The molecule has 1 aliphatic heterocycles. The average molecular weight is 1850 g/mol. The van der Waals surface area contributed by atoms with E-state index in [9.17, 15) is 77.5 Å². The molecular formula is C105H148F10N10O7. The molecule has 0 amide bonds. The van der Waals surface area contributed by atoms with E-state index in [1.165, 1.54) is 123 Å². The lowest BCUT2D eigenvalue weighted by molar-refractivity contribution is -0.133. The first-order valence-corrected chi connectivity index (χ1v) is 49.0. The van der Waals surface area contributed by atoms with Crippen molar-refractivity contribution in [2.45, 2.75) is 431 Å². The van der Waals surface area contributed by atoms with Crippen LogP contribution in [0, 0.1) is 118 Å². The number of halogens is 10. The zero-order valence-corrected chi connectivity index (χ0v) is 79.9. The highest BCUT2D eigenvalue weighted by Crippen LogP contribution is 2.55. The zero-order chi connectivity index (χ0) is 97.8. The maximum atomic E-state index is 13.8. The Morgan fingerprint density at radius 2 is 0.818 bits per heavy atom. The lowest BCUT2D eigenvalue weighted by Gasteiger charge is -2.44. The van der Waals surface area contributed by atoms with E-state index in [4.69, 9.17) is 53.3 Å². The second-order valence-corrected chi connectivity index (χ2v) is 42.0. The van der Waals surface area contributed by atoms with Crippen LogP contribution in [-0.2, 0) is 35.2 Å². The van der Waals surface area contributed by atoms with Gasteiger partial charge in [0.15, 0.2) is 29.7 Å². The Kier molecular flexibility index (Phi) is 45.1. The molecule has 0 spiro atoms. The standard InChI is InChI=1S/C24H32F2N2O.C24H30F2N2O.2C9H14N2.C8H12F2O.C8H12O2.2C7H10F2O.C7H11N.C2H3N/c2*1-23(2)13-17-20(18(29)14-23)19(15-9-11-24(25,26)12-10-15)22(27-3)21(28-17)16-7-5-4-6-8-16;2*1-11-7-9(10)8-5-3-2-4-6-8;1-6(11)7-2-4-8(9,10)5-3-7;1-8(2)4-6(9)3-7(10)5-8;2*8-7(9)3-1-6(5-10)2-4-7;8-6-7-4-2-1-3-5-7;1-2-3/h15-16,19,28H,4-14H2,1-2H3;15-16H,4-14H2,1-2H3;2*7-8H,2-6,10H2;7H,2-5H2,1H3;3-5H2,1-2H3;2*5-6H,1-4H2;7H,1-5H2;1H3. The van der Waals surface area contributed by atoms with Gasteiger partial charge in [0.25, 0.3) is 0 Å². The number of pyridine rings is 1. The molecule has 11 saturated carbocycles. The van der Waals surface area contributed by atoms with Gasteiger partial charge in [0.1, 0.15) is 29.9 Å². The number of nitrogens with two attached hydrogens (primary N) is 2. The van der Waals surface area contributed by atoms with E-state index < -0.39 is 29.6 Å². The van der Waals surface area contributed by atoms with Crippen LogP contribution in [0.4, 0.5) is 49.6 Å². The van der Waals surface area contributed by atoms with Crippen LogP contribution in [0.25, 0.3) is 19.4 Å². The molecule has 0 saturated heterocycles. The Morgan fingerprint density at radius 1 is 0.455 bits per heavy atom. The first-order chi connectivity index (χ1) is 62.2. The van der Waals surface area contributed by atoms with Crippen molar-refractivity contribution in [2.75, 3.05) is 0 Å². The van der Waals surface area contributed by atoms with Gasteiger partial charge < -0.3 is 26.4 Å². The molecule has 13 aliphatic carbocycles. The van der Waals surface area contributed by atoms with Crippen LogP contribution in [0.2, 0.25) is 0 Å². The second kappa shape index (κ2) is 53.1. The summed E-state index contributed by atoms with van der Waals surface area (Å²) in [6.07, 6.45) is 40.5. The van der Waals surface area contributed by atoms with E-state index in [2.05, 4.69) is 58.5 Å². The number of allylic oxidation sites excluding steroid dienone is 5. The number of hydrogen-bond acceptors (Lipinski definition) is 13. The first kappa shape index (κ1) is 112. The number of fused-ring (bicyclic) bond motifs is 1. The quantitative estimate of drug-likeness (QED) is 0.0900. The Labute approximate surface area is 780 Å². The van der Waals surface area contributed by atoms with Crippen molar-refractivity contribution in [3.63, 3.8) is 0 Å². The van der Waals surface area contributed by atoms with Crippen LogP contribution < -0.4 is 16.8 Å². The number of nitriles is 2. The molecule has 15 rings (SSSR count). The second-order valence-electron chi connectivity index (χ2n) is 42.0. The fraction of sp³-hybridized carbons (Fsp3) is 0.752. The Bertz CT molecular complexity index is 4250. The highest BCUT2D eigenvalue weighted by Gasteiger charge is 2.49. The highest BCUT2D eigenvalue weighted by atomic mass is 19.3. The number of carbonyl (C=O) groups excluding carboxylic acids is 7. The maximum absolute atomic E-state index is 13.8. The van der Waals surface area contributed by atoms with Crippen LogP contribution in [0.15, 0.2) is 46.5 Å². The van der Waals surface area contributed by atoms with E-state index in [1.54, 1.807) is 6.07 Å². The van der Waals surface area contributed by atoms with Crippen LogP contribution in [-0.4, -0.2) is 76.1 Å². The number of Topliss-reactive ketones (excluding diaryl/α,β-unsaturated/α-hetero) is 5. The van der Waals surface area contributed by atoms with Gasteiger partial charge in [-0.3, -0.25) is 29.0 Å². The monoisotopic (exact) mass is 1850 g/mol. The topological polar surface area (TPSA) is 261 Å². The summed E-state index contributed by atoms with van der Waals surface area (Å²) in [5.41, 5.74) is 19.6. The number of alkyl halides is 10. The van der Waals surface area contributed by atoms with Crippen LogP contribution in [0.5, 0.6) is 0 Å². The smallest absolute Gasteiger partial charge is 0.248 e. The maximum Gasteiger partial charge on any atom is 0.248 e. The van der Waals surface area contributed by atoms with Crippen molar-refractivity contribution in [2.24, 2.45) is 81.0 Å². The van der Waals surface area contributed by atoms with Crippen molar-refractivity contribution < 1.29 is 77.5 Å². The molecule has 730 valence electrons. The molecule has 14 aliphatic rings. The fourth-order valence-electron chi connectivity index (χ4n) is 21.5. The Hall–Kier alpha value is -8.56. The molecule has 0 bridgehead atoms. The van der Waals surface area contributed by atoms with Crippen molar-refractivity contribution in [3.05, 3.63) is 115 Å². The summed E-state index contributed by atoms with van der Waals surface area (Å²) in [4.78, 5) is 98.2. The molecule has 2 heterocycles. The van der Waals surface area contributed by atoms with E-state index in [1.807, 2.05) is 13.8 Å². The molecule has 0 radical (unpaired) electrons. The molecule has 17 nitrogen and oxygen atoms in total. The van der Waals surface area contributed by atoms with E-state index in [0.29, 0.717) is 137 Å². The minimum absolute atomic E-state index is 0.0328. The third kappa shape index (κ3) is 37.3. The third-order valence-electron chi connectivity index (χ3n) is 28.9. The normalized spacial score (nSPS) is 25.0. The van der Waals surface area contributed by atoms with Crippen LogP contribution in [0.3, 0.4) is 0 Å². The summed E-state index contributed by atoms with van der Waals surface area (Å²) in [7, 11) is 0. The predicted octanol–water partition coefficient (Wildman–Crippen LogP) is 28.5. The molecule has 5 N–H and O–H groups in total. The summed E-state index contributed by atoms with van der Waals surface area (Å²) in [6.45, 7) is 44.4. The number of dihydropyridines is 1. The van der Waals surface area contributed by atoms with E-state index >= 15 is 0 Å². The van der Waals surface area contributed by atoms with Crippen LogP contribution in [0.1, 0.15) is 422 Å². The average Bonchev–Trinajstić information content (AvgIpc) is 0.743. The summed E-state index contributed by atoms with van der Waals surface area (Å²) < 4.78 is 130. The molecule has 0 aromatic carbocycles. The van der Waals surface area contributed by atoms with Gasteiger partial charge in [0.05, 0.1) is 50.5 Å². The fourth-order valence-corrected chi connectivity index (χ4v) is 21.5. The predicted molar refractivity (Wildman–Crippen MR) is 493 cm³/mol. The summed E-state index contributed by atoms with van der Waals surface area (Å²) in [5, 5.41) is 19.3. The number of nitrogens with zero attached hydrogens (tertiary/aromatic N) is 7. The minimum Gasteiger partial charge on any atom is -0.411 e. The number of nitrogens with one attached hydrogen (secondary N) is 1. The first-order valence-electron chi connectivity index (χ1n) is 49.0. The number of hydrogen-bond donors (Lipinski definition) is 3. The van der Waals surface area contributed by atoms with Gasteiger partial charge >= 0.3 is 0 Å². The molecule has 11 fully saturated rings. The molecule has 1 aromatic heterocycles. The Balaban J connectivity index is 0.000000239. The summed E-state index contributed by atoms with van der Waals surface area (Å²) in [6, 6.07) is 4.05. The number of rotatable bonds is 9. The van der Waals surface area contributed by atoms with Gasteiger partial charge in [-0.05, 0) is 205 Å². The summed E-state index contributed by atoms with van der Waals surface area (Å²) in [5.74, 6) is -11.2. The molecule has 132 heavy (non-hydrogen) atoms. The molecular weight excluding hydrogens is 1700 g/mol. The van der Waals surface area contributed by atoms with Crippen LogP contribution >= 0.6 is 0 Å². The van der Waals surface area contributed by atoms with Gasteiger partial charge in [-0.25, -0.2) is 63.3 Å². The van der Waals surface area contributed by atoms with Gasteiger partial charge in [0, 0.05) is 166 Å². The molecule has 1 aromatic rings. The minimum atomic E-state index is -2.62. The van der Waals surface area contributed by atoms with E-state index in [0.717, 1.165) is 129 Å². The van der Waals surface area contributed by atoms with Crippen molar-refractivity contribution in [3.8, 4) is 12.1 Å². The Morgan fingerprint density at radius 3 is 1.19 bits per heavy atom.